The van der Waals surface area contributed by atoms with Gasteiger partial charge in [0.05, 0.1) is 0 Å². The lowest BCUT2D eigenvalue weighted by atomic mass is 10.2. The average molecular weight is 226 g/mol. The van der Waals surface area contributed by atoms with Crippen LogP contribution >= 0.6 is 0 Å². The molecule has 0 amide bonds. The Hall–Kier alpha value is -2.18. The Kier molecular flexibility index (Phi) is 2.67. The maximum atomic E-state index is 11.9. The Labute approximate surface area is 89.3 Å². The highest BCUT2D eigenvalue weighted by Crippen LogP contribution is 2.20. The standard InChI is InChI=1S/C9H8F2N4O/c10-8(11)16-6-3-1-5(2-4-6)7-13-9(12)15-14-7/h1-4,8H,(H3,12,13,14,15). The number of benzene rings is 1. The van der Waals surface area contributed by atoms with E-state index in [4.69, 9.17) is 5.73 Å². The van der Waals surface area contributed by atoms with Gasteiger partial charge in [-0.2, -0.15) is 13.8 Å². The summed E-state index contributed by atoms with van der Waals surface area (Å²) in [6.07, 6.45) is 0. The average Bonchev–Trinajstić information content (AvgIpc) is 2.65. The Morgan fingerprint density at radius 2 is 1.94 bits per heavy atom. The van der Waals surface area contributed by atoms with E-state index in [1.165, 1.54) is 12.1 Å². The van der Waals surface area contributed by atoms with E-state index < -0.39 is 6.61 Å². The number of nitrogen functional groups attached to an aromatic ring is 1. The van der Waals surface area contributed by atoms with Crippen LogP contribution in [0.1, 0.15) is 0 Å². The third kappa shape index (κ3) is 2.25. The lowest BCUT2D eigenvalue weighted by Crippen LogP contribution is -2.01. The summed E-state index contributed by atoms with van der Waals surface area (Å²) >= 11 is 0. The van der Waals surface area contributed by atoms with E-state index >= 15 is 0 Å². The fraction of sp³-hybridized carbons (Fsp3) is 0.111. The van der Waals surface area contributed by atoms with Crippen LogP contribution in [-0.2, 0) is 0 Å². The number of H-pyrrole nitrogens is 1. The van der Waals surface area contributed by atoms with Crippen molar-refractivity contribution < 1.29 is 13.5 Å². The van der Waals surface area contributed by atoms with Crippen molar-refractivity contribution in [2.75, 3.05) is 5.73 Å². The molecule has 0 bridgehead atoms. The van der Waals surface area contributed by atoms with E-state index in [1.807, 2.05) is 0 Å². The van der Waals surface area contributed by atoms with Crippen LogP contribution in [0.3, 0.4) is 0 Å². The fourth-order valence-corrected chi connectivity index (χ4v) is 1.20. The molecule has 5 nitrogen and oxygen atoms in total. The minimum atomic E-state index is -2.83. The number of ether oxygens (including phenoxy) is 1. The zero-order valence-electron chi connectivity index (χ0n) is 8.02. The van der Waals surface area contributed by atoms with Crippen molar-refractivity contribution in [1.29, 1.82) is 0 Å². The van der Waals surface area contributed by atoms with Gasteiger partial charge in [0, 0.05) is 5.56 Å². The predicted octanol–water partition coefficient (Wildman–Crippen LogP) is 1.66. The number of rotatable bonds is 3. The first-order valence-electron chi connectivity index (χ1n) is 4.38. The first-order valence-corrected chi connectivity index (χ1v) is 4.38. The number of anilines is 1. The third-order valence-corrected chi connectivity index (χ3v) is 1.86. The number of halogens is 2. The predicted molar refractivity (Wildman–Crippen MR) is 52.9 cm³/mol. The van der Waals surface area contributed by atoms with E-state index in [0.29, 0.717) is 11.4 Å². The zero-order valence-corrected chi connectivity index (χ0v) is 8.02. The summed E-state index contributed by atoms with van der Waals surface area (Å²) in [7, 11) is 0. The molecule has 0 aliphatic rings. The molecule has 1 aromatic heterocycles. The molecule has 0 fully saturated rings. The Morgan fingerprint density at radius 1 is 1.25 bits per heavy atom. The Morgan fingerprint density at radius 3 is 2.44 bits per heavy atom. The molecule has 2 rings (SSSR count). The van der Waals surface area contributed by atoms with Gasteiger partial charge in [-0.15, -0.1) is 5.10 Å². The van der Waals surface area contributed by atoms with Crippen molar-refractivity contribution in [1.82, 2.24) is 15.2 Å². The van der Waals surface area contributed by atoms with Crippen LogP contribution in [0.4, 0.5) is 14.7 Å². The number of aromatic nitrogens is 3. The van der Waals surface area contributed by atoms with Gasteiger partial charge in [-0.1, -0.05) is 0 Å². The van der Waals surface area contributed by atoms with Gasteiger partial charge in [-0.25, -0.2) is 0 Å². The number of aromatic amines is 1. The van der Waals surface area contributed by atoms with Gasteiger partial charge in [-0.05, 0) is 24.3 Å². The second-order valence-corrected chi connectivity index (χ2v) is 2.95. The second kappa shape index (κ2) is 4.13. The highest BCUT2D eigenvalue weighted by Gasteiger charge is 2.06. The van der Waals surface area contributed by atoms with Crippen molar-refractivity contribution in [3.05, 3.63) is 24.3 Å². The summed E-state index contributed by atoms with van der Waals surface area (Å²) in [5.74, 6) is 0.690. The highest BCUT2D eigenvalue weighted by atomic mass is 19.3. The van der Waals surface area contributed by atoms with Crippen LogP contribution in [0.15, 0.2) is 24.3 Å². The summed E-state index contributed by atoms with van der Waals surface area (Å²) in [5.41, 5.74) is 6.02. The lowest BCUT2D eigenvalue weighted by Gasteiger charge is -2.04. The van der Waals surface area contributed by atoms with Gasteiger partial charge in [0.2, 0.25) is 5.95 Å². The molecule has 84 valence electrons. The van der Waals surface area contributed by atoms with Crippen LogP contribution in [0, 0.1) is 0 Å². The van der Waals surface area contributed by atoms with Crippen molar-refractivity contribution >= 4 is 5.95 Å². The van der Waals surface area contributed by atoms with Gasteiger partial charge in [0.15, 0.2) is 5.82 Å². The molecule has 0 aliphatic heterocycles. The smallest absolute Gasteiger partial charge is 0.387 e. The summed E-state index contributed by atoms with van der Waals surface area (Å²) in [4.78, 5) is 3.89. The first kappa shape index (κ1) is 10.3. The van der Waals surface area contributed by atoms with E-state index in [9.17, 15) is 8.78 Å². The fourth-order valence-electron chi connectivity index (χ4n) is 1.20. The molecule has 3 N–H and O–H groups in total. The molecule has 1 heterocycles. The van der Waals surface area contributed by atoms with Crippen LogP contribution < -0.4 is 10.5 Å². The first-order chi connectivity index (χ1) is 7.65. The molecule has 1 aromatic carbocycles. The molecular formula is C9H8F2N4O. The molecule has 0 saturated carbocycles. The monoisotopic (exact) mass is 226 g/mol. The van der Waals surface area contributed by atoms with Gasteiger partial charge in [0.25, 0.3) is 0 Å². The third-order valence-electron chi connectivity index (χ3n) is 1.86. The minimum absolute atomic E-state index is 0.0891. The molecule has 2 aromatic rings. The van der Waals surface area contributed by atoms with E-state index in [0.717, 1.165) is 0 Å². The molecule has 0 unspecified atom stereocenters. The van der Waals surface area contributed by atoms with Gasteiger partial charge in [0.1, 0.15) is 5.75 Å². The number of alkyl halides is 2. The van der Waals surface area contributed by atoms with Gasteiger partial charge < -0.3 is 10.5 Å². The number of nitrogens with two attached hydrogens (primary N) is 1. The number of nitrogens with zero attached hydrogens (tertiary/aromatic N) is 2. The zero-order chi connectivity index (χ0) is 11.5. The minimum Gasteiger partial charge on any atom is -0.435 e. The molecule has 7 heteroatoms. The van der Waals surface area contributed by atoms with Crippen molar-refractivity contribution in [3.8, 4) is 17.1 Å². The maximum Gasteiger partial charge on any atom is 0.387 e. The normalized spacial score (nSPS) is 10.7. The molecule has 0 atom stereocenters. The van der Waals surface area contributed by atoms with Crippen LogP contribution in [0.5, 0.6) is 5.75 Å². The topological polar surface area (TPSA) is 76.8 Å². The van der Waals surface area contributed by atoms with Crippen LogP contribution in [0.2, 0.25) is 0 Å². The maximum absolute atomic E-state index is 11.9. The Bertz CT molecular complexity index is 469. The quantitative estimate of drug-likeness (QED) is 0.834. The molecule has 0 saturated heterocycles. The van der Waals surface area contributed by atoms with E-state index in [1.54, 1.807) is 12.1 Å². The summed E-state index contributed by atoms with van der Waals surface area (Å²) in [5, 5.41) is 6.26. The number of hydrogen-bond acceptors (Lipinski definition) is 4. The highest BCUT2D eigenvalue weighted by molar-refractivity contribution is 5.56. The summed E-state index contributed by atoms with van der Waals surface area (Å²) in [6.45, 7) is -2.83. The van der Waals surface area contributed by atoms with Gasteiger partial charge >= 0.3 is 6.61 Å². The number of nitrogens with one attached hydrogen (secondary N) is 1. The second-order valence-electron chi connectivity index (χ2n) is 2.95. The molecule has 0 radical (unpaired) electrons. The van der Waals surface area contributed by atoms with Crippen molar-refractivity contribution in [2.24, 2.45) is 0 Å². The van der Waals surface area contributed by atoms with Gasteiger partial charge in [-0.3, -0.25) is 5.10 Å². The Balaban J connectivity index is 2.19. The molecular weight excluding hydrogens is 218 g/mol. The largest absolute Gasteiger partial charge is 0.435 e. The molecule has 0 aliphatic carbocycles. The molecule has 16 heavy (non-hydrogen) atoms. The summed E-state index contributed by atoms with van der Waals surface area (Å²) < 4.78 is 28.0. The lowest BCUT2D eigenvalue weighted by molar-refractivity contribution is -0.0498. The summed E-state index contributed by atoms with van der Waals surface area (Å²) in [6, 6.07) is 6.00. The van der Waals surface area contributed by atoms with Crippen LogP contribution in [-0.4, -0.2) is 21.8 Å². The van der Waals surface area contributed by atoms with E-state index in [-0.39, 0.29) is 11.7 Å². The SMILES string of the molecule is Nc1n[nH]c(-c2ccc(OC(F)F)cc2)n1. The molecule has 0 spiro atoms. The van der Waals surface area contributed by atoms with Crippen molar-refractivity contribution in [2.45, 2.75) is 6.61 Å². The van der Waals surface area contributed by atoms with E-state index in [2.05, 4.69) is 19.9 Å². The number of hydrogen-bond donors (Lipinski definition) is 2. The van der Waals surface area contributed by atoms with Crippen molar-refractivity contribution in [3.63, 3.8) is 0 Å². The van der Waals surface area contributed by atoms with Crippen LogP contribution in [0.25, 0.3) is 11.4 Å².